The average Bonchev–Trinajstić information content (AvgIpc) is 3.35. The molecule has 0 bridgehead atoms. The molecule has 0 saturated carbocycles. The minimum absolute atomic E-state index is 0. The molecule has 1 rings (SSSR count). The van der Waals surface area contributed by atoms with Crippen LogP contribution in [0.2, 0.25) is 0 Å². The number of nitrogens with zero attached hydrogens (tertiary/aromatic N) is 3. The van der Waals surface area contributed by atoms with Crippen LogP contribution in [0.5, 0.6) is 0 Å². The predicted molar refractivity (Wildman–Crippen MR) is 136 cm³/mol. The molecule has 3 nitrogen and oxygen atoms in total. The average molecular weight is 453 g/mol. The molecule has 0 fully saturated rings. The Bertz CT molecular complexity index is 340. The molecule has 0 aromatic rings. The molecule has 0 aromatic heterocycles. The van der Waals surface area contributed by atoms with Gasteiger partial charge in [0.05, 0.1) is 0 Å². The van der Waals surface area contributed by atoms with Crippen LogP contribution in [0, 0.1) is 6.08 Å². The first-order valence-corrected chi connectivity index (χ1v) is 11.3. The molecular weight excluding hydrogens is 402 g/mol. The van der Waals surface area contributed by atoms with E-state index in [1.165, 1.54) is 0 Å². The summed E-state index contributed by atoms with van der Waals surface area (Å²) in [5, 5.41) is 0. The number of hydrogen-bond acceptors (Lipinski definition) is 3. The summed E-state index contributed by atoms with van der Waals surface area (Å²) in [4.78, 5) is 6.94. The maximum absolute atomic E-state index is 3.65. The van der Waals surface area contributed by atoms with Gasteiger partial charge in [0, 0.05) is 41.4 Å². The number of rotatable bonds is 12. The van der Waals surface area contributed by atoms with Crippen molar-refractivity contribution < 1.29 is 21.7 Å². The van der Waals surface area contributed by atoms with Gasteiger partial charge in [-0.2, -0.15) is 6.08 Å². The standard InChI is InChI=1S/3C7H15N.C5H5.Ti/c3*1-4-7-8(5-2)6-3;1-2-4-5-3-1;/h3*4H,1,5-7H2,2-3H3;1-3H,4H2;/q;;;-1;. The Balaban J connectivity index is -0.000000150. The van der Waals surface area contributed by atoms with E-state index in [9.17, 15) is 0 Å². The fourth-order valence-electron chi connectivity index (χ4n) is 2.33. The first kappa shape index (κ1) is 36.7. The number of allylic oxidation sites excluding steroid dienone is 4. The molecule has 0 spiro atoms. The minimum atomic E-state index is 0. The summed E-state index contributed by atoms with van der Waals surface area (Å²) in [6, 6.07) is 0. The monoisotopic (exact) mass is 452 g/mol. The molecule has 0 N–H and O–H groups in total. The Hall–Kier alpha value is -0.706. The van der Waals surface area contributed by atoms with E-state index in [1.54, 1.807) is 0 Å². The largest absolute Gasteiger partial charge is 0.300 e. The van der Waals surface area contributed by atoms with Crippen LogP contribution < -0.4 is 0 Å². The van der Waals surface area contributed by atoms with Gasteiger partial charge in [-0.1, -0.05) is 59.8 Å². The SMILES string of the molecule is C=CCN(CC)CC.C=CCN(CC)CC.C=CCN(CC)CC.[C-]1=CC=CC1.[Ti]. The van der Waals surface area contributed by atoms with Crippen molar-refractivity contribution in [1.82, 2.24) is 14.7 Å². The van der Waals surface area contributed by atoms with Gasteiger partial charge in [0.2, 0.25) is 0 Å². The van der Waals surface area contributed by atoms with E-state index in [0.29, 0.717) is 0 Å². The number of likely N-dealkylation sites (N-methyl/N-ethyl adjacent to an activating group) is 3. The van der Waals surface area contributed by atoms with Crippen LogP contribution in [0.15, 0.2) is 56.2 Å². The van der Waals surface area contributed by atoms with E-state index in [1.807, 2.05) is 30.4 Å². The van der Waals surface area contributed by atoms with Gasteiger partial charge < -0.3 is 14.7 Å². The third-order valence-corrected chi connectivity index (χ3v) is 4.43. The third-order valence-electron chi connectivity index (χ3n) is 4.43. The summed E-state index contributed by atoms with van der Waals surface area (Å²) >= 11 is 0. The van der Waals surface area contributed by atoms with Crippen LogP contribution >= 0.6 is 0 Å². The fourth-order valence-corrected chi connectivity index (χ4v) is 2.33. The van der Waals surface area contributed by atoms with Crippen molar-refractivity contribution in [3.8, 4) is 0 Å². The van der Waals surface area contributed by atoms with E-state index in [4.69, 9.17) is 0 Å². The Kier molecular flexibility index (Phi) is 40.3. The van der Waals surface area contributed by atoms with Gasteiger partial charge in [0.15, 0.2) is 0 Å². The van der Waals surface area contributed by atoms with E-state index in [0.717, 1.165) is 65.3 Å². The zero-order valence-electron chi connectivity index (χ0n) is 21.0. The van der Waals surface area contributed by atoms with Crippen LogP contribution in [-0.4, -0.2) is 73.6 Å². The third kappa shape index (κ3) is 29.5. The number of hydrogen-bond donors (Lipinski definition) is 0. The maximum Gasteiger partial charge on any atom is 0.0160 e. The second-order valence-electron chi connectivity index (χ2n) is 6.33. The summed E-state index contributed by atoms with van der Waals surface area (Å²) in [5.74, 6) is 0. The summed E-state index contributed by atoms with van der Waals surface area (Å²) < 4.78 is 0. The quantitative estimate of drug-likeness (QED) is 0.209. The van der Waals surface area contributed by atoms with Gasteiger partial charge >= 0.3 is 0 Å². The zero-order valence-corrected chi connectivity index (χ0v) is 22.6. The molecule has 4 heteroatoms. The van der Waals surface area contributed by atoms with E-state index in [-0.39, 0.29) is 21.7 Å². The molecule has 0 heterocycles. The van der Waals surface area contributed by atoms with Crippen LogP contribution in [0.25, 0.3) is 0 Å². The summed E-state index contributed by atoms with van der Waals surface area (Å²) in [6.45, 7) is 33.8. The van der Waals surface area contributed by atoms with Crippen LogP contribution in [0.3, 0.4) is 0 Å². The summed E-state index contributed by atoms with van der Waals surface area (Å²) in [6.07, 6.45) is 15.8. The molecule has 0 radical (unpaired) electrons. The predicted octanol–water partition coefficient (Wildman–Crippen LogP) is 5.85. The zero-order chi connectivity index (χ0) is 22.8. The van der Waals surface area contributed by atoms with Crippen molar-refractivity contribution >= 4 is 0 Å². The van der Waals surface area contributed by atoms with Crippen molar-refractivity contribution in [3.05, 3.63) is 62.3 Å². The topological polar surface area (TPSA) is 9.72 Å². The van der Waals surface area contributed by atoms with E-state index < -0.39 is 0 Å². The van der Waals surface area contributed by atoms with Gasteiger partial charge in [-0.15, -0.1) is 26.2 Å². The molecule has 30 heavy (non-hydrogen) atoms. The molecule has 0 atom stereocenters. The van der Waals surface area contributed by atoms with Crippen molar-refractivity contribution in [2.45, 2.75) is 48.0 Å². The molecule has 174 valence electrons. The Morgan fingerprint density at radius 1 is 0.667 bits per heavy atom. The van der Waals surface area contributed by atoms with Gasteiger partial charge in [-0.3, -0.25) is 6.08 Å². The van der Waals surface area contributed by atoms with Crippen molar-refractivity contribution in [2.75, 3.05) is 58.9 Å². The molecule has 0 saturated heterocycles. The maximum atomic E-state index is 3.65. The Morgan fingerprint density at radius 3 is 1.03 bits per heavy atom. The van der Waals surface area contributed by atoms with E-state index >= 15 is 0 Å². The van der Waals surface area contributed by atoms with Crippen molar-refractivity contribution in [1.29, 1.82) is 0 Å². The minimum Gasteiger partial charge on any atom is -0.300 e. The molecule has 0 aliphatic heterocycles. The van der Waals surface area contributed by atoms with E-state index in [2.05, 4.69) is 88.1 Å². The molecular formula is C26H50N3Ti-. The van der Waals surface area contributed by atoms with Gasteiger partial charge in [-0.25, -0.2) is 12.2 Å². The summed E-state index contributed by atoms with van der Waals surface area (Å²) in [5.41, 5.74) is 0. The second-order valence-corrected chi connectivity index (χ2v) is 6.33. The van der Waals surface area contributed by atoms with Crippen molar-refractivity contribution in [2.24, 2.45) is 0 Å². The van der Waals surface area contributed by atoms with Gasteiger partial charge in [0.1, 0.15) is 0 Å². The molecule has 0 aromatic carbocycles. The Labute approximate surface area is 205 Å². The molecule has 0 amide bonds. The second kappa shape index (κ2) is 32.9. The first-order valence-electron chi connectivity index (χ1n) is 11.3. The molecule has 1 aliphatic rings. The smallest absolute Gasteiger partial charge is 0.0160 e. The first-order chi connectivity index (χ1) is 14.0. The van der Waals surface area contributed by atoms with Crippen LogP contribution in [0.1, 0.15) is 48.0 Å². The van der Waals surface area contributed by atoms with Gasteiger partial charge in [-0.05, 0) is 39.3 Å². The fraction of sp³-hybridized carbons (Fsp3) is 0.615. The van der Waals surface area contributed by atoms with Crippen molar-refractivity contribution in [3.63, 3.8) is 0 Å². The van der Waals surface area contributed by atoms with Gasteiger partial charge in [0.25, 0.3) is 0 Å². The summed E-state index contributed by atoms with van der Waals surface area (Å²) in [7, 11) is 0. The van der Waals surface area contributed by atoms with Crippen LogP contribution in [-0.2, 0) is 21.7 Å². The van der Waals surface area contributed by atoms with Crippen LogP contribution in [0.4, 0.5) is 0 Å². The normalized spacial score (nSPS) is 10.8. The molecule has 0 unspecified atom stereocenters. The Morgan fingerprint density at radius 2 is 0.967 bits per heavy atom. The molecule has 1 aliphatic carbocycles.